The second-order valence-electron chi connectivity index (χ2n) is 6.44. The predicted octanol–water partition coefficient (Wildman–Crippen LogP) is 4.57. The third kappa shape index (κ3) is 3.21. The first kappa shape index (κ1) is 15.5. The van der Waals surface area contributed by atoms with Crippen LogP contribution in [0, 0.1) is 13.8 Å². The van der Waals surface area contributed by atoms with Crippen LogP contribution in [0.4, 0.5) is 0 Å². The summed E-state index contributed by atoms with van der Waals surface area (Å²) in [6.45, 7) is 7.79. The molecular formula is C21H23NO. The molecule has 0 bridgehead atoms. The topological polar surface area (TPSA) is 29.1 Å². The van der Waals surface area contributed by atoms with Crippen LogP contribution in [0.25, 0.3) is 0 Å². The van der Waals surface area contributed by atoms with Gasteiger partial charge in [0.25, 0.3) is 0 Å². The molecule has 0 saturated carbocycles. The van der Waals surface area contributed by atoms with E-state index in [1.54, 1.807) is 0 Å². The molecule has 0 aliphatic heterocycles. The molecular weight excluding hydrogens is 282 g/mol. The largest absolute Gasteiger partial charge is 0.346 e. The van der Waals surface area contributed by atoms with Crippen LogP contribution in [-0.2, 0) is 4.79 Å². The van der Waals surface area contributed by atoms with Gasteiger partial charge in [0.05, 0.1) is 6.04 Å². The number of rotatable bonds is 3. The average Bonchev–Trinajstić information content (AvgIpc) is 2.55. The van der Waals surface area contributed by atoms with Crippen molar-refractivity contribution in [3.63, 3.8) is 0 Å². The van der Waals surface area contributed by atoms with Crippen LogP contribution in [0.1, 0.15) is 52.6 Å². The number of carbonyl (C=O) groups excluding carboxylic acids is 1. The highest BCUT2D eigenvalue weighted by Crippen LogP contribution is 2.41. The fraction of sp³-hybridized carbons (Fsp3) is 0.286. The molecule has 118 valence electrons. The third-order valence-corrected chi connectivity index (χ3v) is 4.72. The molecule has 2 aromatic carbocycles. The SMILES string of the molecule is C=CC(=O)N[C@H]1CC[C@@H](c2ccc(C)cc2)c2cc(C)ccc21. The van der Waals surface area contributed by atoms with Gasteiger partial charge < -0.3 is 5.32 Å². The van der Waals surface area contributed by atoms with E-state index < -0.39 is 0 Å². The second-order valence-corrected chi connectivity index (χ2v) is 6.44. The molecule has 1 aliphatic rings. The lowest BCUT2D eigenvalue weighted by Crippen LogP contribution is -2.30. The van der Waals surface area contributed by atoms with Crippen LogP contribution in [0.15, 0.2) is 55.1 Å². The van der Waals surface area contributed by atoms with E-state index in [4.69, 9.17) is 0 Å². The molecule has 3 rings (SSSR count). The van der Waals surface area contributed by atoms with Gasteiger partial charge in [0.2, 0.25) is 5.91 Å². The van der Waals surface area contributed by atoms with Crippen LogP contribution in [-0.4, -0.2) is 5.91 Å². The van der Waals surface area contributed by atoms with Crippen molar-refractivity contribution in [2.45, 2.75) is 38.6 Å². The Labute approximate surface area is 138 Å². The number of carbonyl (C=O) groups is 1. The van der Waals surface area contributed by atoms with Gasteiger partial charge in [-0.2, -0.15) is 0 Å². The Morgan fingerprint density at radius 3 is 2.43 bits per heavy atom. The maximum absolute atomic E-state index is 11.7. The minimum absolute atomic E-state index is 0.0813. The van der Waals surface area contributed by atoms with Gasteiger partial charge in [-0.15, -0.1) is 0 Å². The summed E-state index contributed by atoms with van der Waals surface area (Å²) >= 11 is 0. The van der Waals surface area contributed by atoms with E-state index in [2.05, 4.69) is 68.2 Å². The average molecular weight is 305 g/mol. The maximum atomic E-state index is 11.7. The first-order chi connectivity index (χ1) is 11.1. The van der Waals surface area contributed by atoms with Crippen LogP contribution in [0.2, 0.25) is 0 Å². The van der Waals surface area contributed by atoms with Crippen LogP contribution in [0.3, 0.4) is 0 Å². The Kier molecular flexibility index (Phi) is 4.33. The summed E-state index contributed by atoms with van der Waals surface area (Å²) in [5.74, 6) is 0.303. The molecule has 1 aliphatic carbocycles. The summed E-state index contributed by atoms with van der Waals surface area (Å²) in [7, 11) is 0. The van der Waals surface area contributed by atoms with Crippen molar-refractivity contribution in [3.05, 3.63) is 82.9 Å². The number of hydrogen-bond donors (Lipinski definition) is 1. The van der Waals surface area contributed by atoms with Gasteiger partial charge in [0.1, 0.15) is 0 Å². The highest BCUT2D eigenvalue weighted by atomic mass is 16.1. The lowest BCUT2D eigenvalue weighted by Gasteiger charge is -2.32. The molecule has 2 nitrogen and oxygen atoms in total. The molecule has 1 amide bonds. The Morgan fingerprint density at radius 1 is 1.04 bits per heavy atom. The van der Waals surface area contributed by atoms with Gasteiger partial charge in [0.15, 0.2) is 0 Å². The van der Waals surface area contributed by atoms with Gasteiger partial charge >= 0.3 is 0 Å². The molecule has 0 unspecified atom stereocenters. The zero-order valence-electron chi connectivity index (χ0n) is 13.8. The van der Waals surface area contributed by atoms with E-state index in [0.717, 1.165) is 12.8 Å². The summed E-state index contributed by atoms with van der Waals surface area (Å²) in [5, 5.41) is 3.07. The molecule has 0 aromatic heterocycles. The lowest BCUT2D eigenvalue weighted by atomic mass is 9.76. The van der Waals surface area contributed by atoms with Gasteiger partial charge in [-0.3, -0.25) is 4.79 Å². The monoisotopic (exact) mass is 305 g/mol. The molecule has 0 saturated heterocycles. The zero-order valence-corrected chi connectivity index (χ0v) is 13.8. The number of benzene rings is 2. The maximum Gasteiger partial charge on any atom is 0.243 e. The molecule has 2 aromatic rings. The van der Waals surface area contributed by atoms with Gasteiger partial charge in [-0.25, -0.2) is 0 Å². The molecule has 0 fully saturated rings. The standard InChI is InChI=1S/C21H23NO/c1-4-21(23)22-20-12-11-17(16-8-5-14(2)6-9-16)19-13-15(3)7-10-18(19)20/h4-10,13,17,20H,1,11-12H2,2-3H3,(H,22,23)/t17-,20-/m0/s1. The minimum Gasteiger partial charge on any atom is -0.346 e. The van der Waals surface area contributed by atoms with Crippen molar-refractivity contribution in [2.24, 2.45) is 0 Å². The summed E-state index contributed by atoms with van der Waals surface area (Å²) in [6.07, 6.45) is 3.34. The van der Waals surface area contributed by atoms with Gasteiger partial charge in [-0.1, -0.05) is 60.2 Å². The number of amides is 1. The van der Waals surface area contributed by atoms with Crippen molar-refractivity contribution in [3.8, 4) is 0 Å². The van der Waals surface area contributed by atoms with Crippen LogP contribution < -0.4 is 5.32 Å². The first-order valence-corrected chi connectivity index (χ1v) is 8.18. The fourth-order valence-corrected chi connectivity index (χ4v) is 3.48. The van der Waals surface area contributed by atoms with E-state index in [1.807, 2.05) is 0 Å². The normalized spacial score (nSPS) is 19.7. The van der Waals surface area contributed by atoms with E-state index >= 15 is 0 Å². The van der Waals surface area contributed by atoms with E-state index in [-0.39, 0.29) is 11.9 Å². The van der Waals surface area contributed by atoms with E-state index in [1.165, 1.54) is 33.9 Å². The minimum atomic E-state index is -0.102. The highest BCUT2D eigenvalue weighted by molar-refractivity contribution is 5.87. The molecule has 2 atom stereocenters. The Morgan fingerprint density at radius 2 is 1.74 bits per heavy atom. The quantitative estimate of drug-likeness (QED) is 0.827. The van der Waals surface area contributed by atoms with Crippen molar-refractivity contribution >= 4 is 5.91 Å². The smallest absolute Gasteiger partial charge is 0.243 e. The molecule has 2 heteroatoms. The summed E-state index contributed by atoms with van der Waals surface area (Å²) in [6, 6.07) is 15.5. The Hall–Kier alpha value is -2.35. The Bertz CT molecular complexity index is 730. The van der Waals surface area contributed by atoms with Gasteiger partial charge in [0, 0.05) is 5.92 Å². The molecule has 0 radical (unpaired) electrons. The van der Waals surface area contributed by atoms with E-state index in [9.17, 15) is 4.79 Å². The predicted molar refractivity (Wildman–Crippen MR) is 94.5 cm³/mol. The molecule has 0 spiro atoms. The number of hydrogen-bond acceptors (Lipinski definition) is 1. The molecule has 1 N–H and O–H groups in total. The summed E-state index contributed by atoms with van der Waals surface area (Å²) in [4.78, 5) is 11.7. The van der Waals surface area contributed by atoms with Crippen molar-refractivity contribution in [2.75, 3.05) is 0 Å². The molecule has 23 heavy (non-hydrogen) atoms. The van der Waals surface area contributed by atoms with Crippen LogP contribution >= 0.6 is 0 Å². The van der Waals surface area contributed by atoms with Crippen molar-refractivity contribution in [1.29, 1.82) is 0 Å². The summed E-state index contributed by atoms with van der Waals surface area (Å²) in [5.41, 5.74) is 6.48. The fourth-order valence-electron chi connectivity index (χ4n) is 3.48. The first-order valence-electron chi connectivity index (χ1n) is 8.18. The highest BCUT2D eigenvalue weighted by Gasteiger charge is 2.28. The number of nitrogens with one attached hydrogen (secondary N) is 1. The van der Waals surface area contributed by atoms with Crippen LogP contribution in [0.5, 0.6) is 0 Å². The summed E-state index contributed by atoms with van der Waals surface area (Å²) < 4.78 is 0. The zero-order chi connectivity index (χ0) is 16.4. The van der Waals surface area contributed by atoms with Gasteiger partial charge in [-0.05, 0) is 49.5 Å². The number of fused-ring (bicyclic) bond motifs is 1. The molecule has 0 heterocycles. The lowest BCUT2D eigenvalue weighted by molar-refractivity contribution is -0.117. The van der Waals surface area contributed by atoms with E-state index in [0.29, 0.717) is 5.92 Å². The second kappa shape index (κ2) is 6.41. The Balaban J connectivity index is 2.00. The third-order valence-electron chi connectivity index (χ3n) is 4.72. The number of aryl methyl sites for hydroxylation is 2. The van der Waals surface area contributed by atoms with Crippen molar-refractivity contribution in [1.82, 2.24) is 5.32 Å². The van der Waals surface area contributed by atoms with Crippen molar-refractivity contribution < 1.29 is 4.79 Å².